The first kappa shape index (κ1) is 23.8. The van der Waals surface area contributed by atoms with Gasteiger partial charge in [-0.05, 0) is 12.1 Å². The minimum absolute atomic E-state index is 0.190. The van der Waals surface area contributed by atoms with Crippen molar-refractivity contribution in [2.45, 2.75) is 6.42 Å². The summed E-state index contributed by atoms with van der Waals surface area (Å²) < 4.78 is 3.93. The van der Waals surface area contributed by atoms with Gasteiger partial charge in [-0.3, -0.25) is 33.8 Å². The van der Waals surface area contributed by atoms with Gasteiger partial charge in [-0.15, -0.1) is 0 Å². The zero-order valence-corrected chi connectivity index (χ0v) is 18.7. The van der Waals surface area contributed by atoms with Crippen molar-refractivity contribution in [2.24, 2.45) is 7.05 Å². The number of nitrogens with zero attached hydrogens (tertiary/aromatic N) is 7. The second kappa shape index (κ2) is 9.74. The maximum Gasteiger partial charge on any atom is 0.332 e. The van der Waals surface area contributed by atoms with Crippen LogP contribution in [0.25, 0.3) is 0 Å². The van der Waals surface area contributed by atoms with Crippen LogP contribution in [-0.4, -0.2) is 57.2 Å². The summed E-state index contributed by atoms with van der Waals surface area (Å²) in [5.41, 5.74) is 0.981. The molecule has 0 saturated carbocycles. The number of nitriles is 1. The van der Waals surface area contributed by atoms with E-state index in [0.29, 0.717) is 17.1 Å². The first-order valence-corrected chi connectivity index (χ1v) is 10.0. The number of nitrogens with one attached hydrogen (secondary N) is 1. The van der Waals surface area contributed by atoms with Gasteiger partial charge < -0.3 is 9.88 Å². The van der Waals surface area contributed by atoms with Gasteiger partial charge in [0.2, 0.25) is 0 Å². The minimum Gasteiger partial charge on any atom is -0.350 e. The number of rotatable bonds is 6. The maximum atomic E-state index is 13.0. The predicted molar refractivity (Wildman–Crippen MR) is 122 cm³/mol. The molecule has 0 radical (unpaired) electrons. The Bertz CT molecular complexity index is 1290. The quantitative estimate of drug-likeness (QED) is 0.335. The van der Waals surface area contributed by atoms with Gasteiger partial charge in [-0.1, -0.05) is 0 Å². The summed E-state index contributed by atoms with van der Waals surface area (Å²) in [5, 5.41) is 22.1. The Morgan fingerprint density at radius 2 is 1.68 bits per heavy atom. The molecule has 34 heavy (non-hydrogen) atoms. The van der Waals surface area contributed by atoms with E-state index in [4.69, 9.17) is 5.26 Å². The van der Waals surface area contributed by atoms with E-state index in [1.807, 2.05) is 6.07 Å². The third-order valence-corrected chi connectivity index (χ3v) is 5.10. The molecule has 0 unspecified atom stereocenters. The number of aromatic nitrogens is 3. The summed E-state index contributed by atoms with van der Waals surface area (Å²) in [6.07, 6.45) is 7.14. The molecule has 0 aliphatic carbocycles. The zero-order chi connectivity index (χ0) is 25.0. The molecule has 0 aliphatic heterocycles. The van der Waals surface area contributed by atoms with Crippen LogP contribution in [0.5, 0.6) is 0 Å². The number of carbonyl (C=O) groups is 3. The lowest BCUT2D eigenvalue weighted by Gasteiger charge is -2.17. The Labute approximate surface area is 194 Å². The van der Waals surface area contributed by atoms with Crippen LogP contribution in [0.1, 0.15) is 16.9 Å². The van der Waals surface area contributed by atoms with E-state index in [0.717, 1.165) is 10.8 Å². The summed E-state index contributed by atoms with van der Waals surface area (Å²) in [7, 11) is 4.69. The molecule has 176 valence electrons. The zero-order valence-electron chi connectivity index (χ0n) is 18.7. The molecular formula is C21H22N8O5. The highest BCUT2D eigenvalue weighted by molar-refractivity contribution is 5.98. The largest absolute Gasteiger partial charge is 0.350 e. The normalized spacial score (nSPS) is 10.4. The first-order valence-electron chi connectivity index (χ1n) is 10.0. The lowest BCUT2D eigenvalue weighted by Crippen LogP contribution is -2.31. The maximum absolute atomic E-state index is 13.0. The molecule has 0 fully saturated rings. The lowest BCUT2D eigenvalue weighted by atomic mass is 10.3. The number of amides is 3. The second-order valence-corrected chi connectivity index (χ2v) is 7.35. The molecule has 0 spiro atoms. The molecule has 0 aromatic carbocycles. The Hall–Kier alpha value is -4.86. The Balaban J connectivity index is 1.72. The van der Waals surface area contributed by atoms with E-state index in [9.17, 15) is 24.5 Å². The van der Waals surface area contributed by atoms with Crippen molar-refractivity contribution in [2.75, 3.05) is 30.4 Å². The molecule has 1 N–H and O–H groups in total. The van der Waals surface area contributed by atoms with Gasteiger partial charge >= 0.3 is 12.1 Å². The molecule has 0 bridgehead atoms. The van der Waals surface area contributed by atoms with Crippen LogP contribution in [0.15, 0.2) is 49.2 Å². The molecule has 3 heterocycles. The molecular weight excluding hydrogens is 444 g/mol. The molecule has 0 aliphatic rings. The van der Waals surface area contributed by atoms with Crippen LogP contribution in [0.2, 0.25) is 0 Å². The van der Waals surface area contributed by atoms with Gasteiger partial charge in [0.25, 0.3) is 11.6 Å². The summed E-state index contributed by atoms with van der Waals surface area (Å²) in [5.74, 6) is -0.363. The van der Waals surface area contributed by atoms with Crippen molar-refractivity contribution < 1.29 is 19.3 Å². The predicted octanol–water partition coefficient (Wildman–Crippen LogP) is 2.39. The number of anilines is 2. The van der Waals surface area contributed by atoms with E-state index in [-0.39, 0.29) is 24.6 Å². The van der Waals surface area contributed by atoms with Gasteiger partial charge in [0.15, 0.2) is 0 Å². The SMILES string of the molecule is CN(C(=O)n1ccc(N(C)C(=O)n2ccc([N+](=O)[O-])c2)c1)c1cc(C(=O)NCCC#N)n(C)c1. The lowest BCUT2D eigenvalue weighted by molar-refractivity contribution is -0.384. The Kier molecular flexibility index (Phi) is 6.81. The van der Waals surface area contributed by atoms with Crippen LogP contribution in [-0.2, 0) is 7.05 Å². The van der Waals surface area contributed by atoms with Gasteiger partial charge in [-0.2, -0.15) is 5.26 Å². The van der Waals surface area contributed by atoms with E-state index in [2.05, 4.69) is 5.32 Å². The fourth-order valence-electron chi connectivity index (χ4n) is 3.16. The fraction of sp³-hybridized carbons (Fsp3) is 0.238. The summed E-state index contributed by atoms with van der Waals surface area (Å²) >= 11 is 0. The smallest absolute Gasteiger partial charge is 0.332 e. The molecule has 3 aromatic heterocycles. The molecule has 0 saturated heterocycles. The number of aryl methyl sites for hydroxylation is 1. The van der Waals surface area contributed by atoms with E-state index < -0.39 is 17.0 Å². The highest BCUT2D eigenvalue weighted by Gasteiger charge is 2.21. The van der Waals surface area contributed by atoms with Crippen molar-refractivity contribution in [1.82, 2.24) is 19.0 Å². The molecule has 13 heteroatoms. The third-order valence-electron chi connectivity index (χ3n) is 5.10. The van der Waals surface area contributed by atoms with Crippen molar-refractivity contribution in [1.29, 1.82) is 5.26 Å². The molecule has 0 atom stereocenters. The van der Waals surface area contributed by atoms with E-state index in [1.54, 1.807) is 37.0 Å². The molecule has 3 amide bonds. The molecule has 13 nitrogen and oxygen atoms in total. The van der Waals surface area contributed by atoms with Gasteiger partial charge in [0.1, 0.15) is 5.69 Å². The third kappa shape index (κ3) is 4.80. The van der Waals surface area contributed by atoms with Crippen LogP contribution in [0, 0.1) is 21.4 Å². The number of carbonyl (C=O) groups excluding carboxylic acids is 3. The van der Waals surface area contributed by atoms with Crippen molar-refractivity contribution in [3.05, 3.63) is 65.0 Å². The minimum atomic E-state index is -0.598. The van der Waals surface area contributed by atoms with Crippen LogP contribution >= 0.6 is 0 Å². The number of nitro groups is 1. The van der Waals surface area contributed by atoms with Crippen molar-refractivity contribution in [3.8, 4) is 6.07 Å². The molecule has 3 aromatic rings. The Morgan fingerprint density at radius 1 is 1.06 bits per heavy atom. The van der Waals surface area contributed by atoms with Gasteiger partial charge in [0, 0.05) is 58.5 Å². The fourth-order valence-corrected chi connectivity index (χ4v) is 3.16. The van der Waals surface area contributed by atoms with Gasteiger partial charge in [0.05, 0.1) is 35.0 Å². The standard InChI is InChI=1S/C21H22N8O5/c1-24-12-17(11-18(24)19(30)23-8-4-7-22)26(3)21(32)27-9-5-15(13-27)25(2)20(31)28-10-6-16(14-28)29(33)34/h5-6,9-14H,4,8H2,1-3H3,(H,23,30). The number of hydrogen-bond donors (Lipinski definition) is 1. The van der Waals surface area contributed by atoms with Crippen molar-refractivity contribution in [3.63, 3.8) is 0 Å². The van der Waals surface area contributed by atoms with E-state index >= 15 is 0 Å². The first-order chi connectivity index (χ1) is 16.1. The number of hydrogen-bond acceptors (Lipinski definition) is 6. The monoisotopic (exact) mass is 466 g/mol. The Morgan fingerprint density at radius 3 is 2.29 bits per heavy atom. The second-order valence-electron chi connectivity index (χ2n) is 7.35. The average Bonchev–Trinajstić information content (AvgIpc) is 3.56. The summed E-state index contributed by atoms with van der Waals surface area (Å²) in [6, 6.07) is 5.29. The van der Waals surface area contributed by atoms with Crippen LogP contribution in [0.3, 0.4) is 0 Å². The summed E-state index contributed by atoms with van der Waals surface area (Å²) in [6.45, 7) is 0.222. The molecule has 3 rings (SSSR count). The average molecular weight is 466 g/mol. The highest BCUT2D eigenvalue weighted by atomic mass is 16.6. The van der Waals surface area contributed by atoms with Crippen LogP contribution < -0.4 is 15.1 Å². The van der Waals surface area contributed by atoms with Crippen LogP contribution in [0.4, 0.5) is 26.7 Å². The topological polar surface area (TPSA) is 151 Å². The van der Waals surface area contributed by atoms with Gasteiger partial charge in [-0.25, -0.2) is 9.59 Å². The summed E-state index contributed by atoms with van der Waals surface area (Å²) in [4.78, 5) is 50.7. The van der Waals surface area contributed by atoms with E-state index in [1.165, 1.54) is 46.1 Å². The highest BCUT2D eigenvalue weighted by Crippen LogP contribution is 2.21. The van der Waals surface area contributed by atoms with Crippen molar-refractivity contribution >= 4 is 35.0 Å².